The van der Waals surface area contributed by atoms with Crippen molar-refractivity contribution >= 4 is 33.6 Å². The van der Waals surface area contributed by atoms with Gasteiger partial charge in [0, 0.05) is 30.1 Å². The number of hydrogen-bond donors (Lipinski definition) is 1. The Balaban J connectivity index is 1.31. The van der Waals surface area contributed by atoms with Crippen LogP contribution in [-0.4, -0.2) is 82.6 Å². The van der Waals surface area contributed by atoms with E-state index in [4.69, 9.17) is 14.5 Å². The Morgan fingerprint density at radius 1 is 1.09 bits per heavy atom. The molecule has 6 bridgehead atoms. The van der Waals surface area contributed by atoms with Gasteiger partial charge in [-0.3, -0.25) is 9.88 Å². The number of nitrogens with zero attached hydrogens (tertiary/aromatic N) is 5. The zero-order chi connectivity index (χ0) is 32.3. The van der Waals surface area contributed by atoms with Crippen molar-refractivity contribution in [2.24, 2.45) is 0 Å². The molecule has 0 radical (unpaired) electrons. The topological polar surface area (TPSA) is 92.7 Å². The Kier molecular flexibility index (Phi) is 7.38. The predicted octanol–water partition coefficient (Wildman–Crippen LogP) is 6.11. The van der Waals surface area contributed by atoms with Crippen molar-refractivity contribution in [3.8, 4) is 17.3 Å². The minimum atomic E-state index is -1.31. The summed E-state index contributed by atoms with van der Waals surface area (Å²) >= 11 is 0. The van der Waals surface area contributed by atoms with E-state index in [9.17, 15) is 4.79 Å². The third-order valence-corrected chi connectivity index (χ3v) is 10.4. The number of hydrogen-bond acceptors (Lipinski definition) is 8. The molecule has 5 aliphatic rings. The summed E-state index contributed by atoms with van der Waals surface area (Å²) in [6.07, 6.45) is 4.68. The second-order valence-electron chi connectivity index (χ2n) is 13.8. The molecule has 246 valence electrons. The van der Waals surface area contributed by atoms with Crippen LogP contribution in [0.4, 0.5) is 23.8 Å². The van der Waals surface area contributed by atoms with Gasteiger partial charge in [0.15, 0.2) is 5.82 Å². The lowest BCUT2D eigenvalue weighted by atomic mass is 9.90. The average Bonchev–Trinajstić information content (AvgIpc) is 3.63. The monoisotopic (exact) mass is 646 g/mol. The van der Waals surface area contributed by atoms with Crippen LogP contribution < -0.4 is 15.0 Å². The molecule has 7 heterocycles. The molecule has 47 heavy (non-hydrogen) atoms. The van der Waals surface area contributed by atoms with Crippen LogP contribution in [0.25, 0.3) is 32.9 Å². The maximum Gasteiger partial charge on any atom is 0.407 e. The van der Waals surface area contributed by atoms with E-state index in [0.717, 1.165) is 44.3 Å². The molecule has 5 aliphatic heterocycles. The molecule has 2 atom stereocenters. The summed E-state index contributed by atoms with van der Waals surface area (Å²) in [5, 5.41) is 4.03. The van der Waals surface area contributed by atoms with Gasteiger partial charge in [-0.2, -0.15) is 9.97 Å². The Bertz CT molecular complexity index is 1880. The number of alkyl carbamates (subject to hydrolysis) is 1. The van der Waals surface area contributed by atoms with Crippen LogP contribution in [0.3, 0.4) is 0 Å². The summed E-state index contributed by atoms with van der Waals surface area (Å²) in [4.78, 5) is 31.0. The van der Waals surface area contributed by atoms with Crippen LogP contribution in [0.5, 0.6) is 6.01 Å². The summed E-state index contributed by atoms with van der Waals surface area (Å²) in [5.41, 5.74) is 0.0868. The van der Waals surface area contributed by atoms with Crippen LogP contribution in [-0.2, 0) is 11.2 Å². The van der Waals surface area contributed by atoms with E-state index in [0.29, 0.717) is 35.8 Å². The summed E-state index contributed by atoms with van der Waals surface area (Å²) in [6, 6.07) is 8.12. The second-order valence-corrected chi connectivity index (χ2v) is 13.8. The van der Waals surface area contributed by atoms with Gasteiger partial charge in [0.25, 0.3) is 0 Å². The van der Waals surface area contributed by atoms with Gasteiger partial charge in [0.05, 0.1) is 29.6 Å². The van der Waals surface area contributed by atoms with Gasteiger partial charge in [0.1, 0.15) is 35.6 Å². The SMILES string of the molecule is CC12CC(F)CN(C1)c1nc(OCC34CCCN3CCC4)nc3c(F)c(ncc13)-c1cccc3c(F)ccc(c13)CCCOC(=O)N2. The molecule has 2 aromatic carbocycles. The van der Waals surface area contributed by atoms with Gasteiger partial charge in [-0.25, -0.2) is 18.0 Å². The molecule has 2 aromatic heterocycles. The van der Waals surface area contributed by atoms with E-state index in [1.807, 2.05) is 0 Å². The number of amides is 1. The van der Waals surface area contributed by atoms with E-state index in [-0.39, 0.29) is 60.1 Å². The Hall–Kier alpha value is -4.19. The number of alkyl halides is 1. The molecule has 4 aromatic rings. The van der Waals surface area contributed by atoms with Crippen LogP contribution in [0.1, 0.15) is 51.0 Å². The van der Waals surface area contributed by atoms with E-state index in [2.05, 4.69) is 20.2 Å². The van der Waals surface area contributed by atoms with Gasteiger partial charge in [-0.1, -0.05) is 24.3 Å². The zero-order valence-corrected chi connectivity index (χ0v) is 26.3. The minimum Gasteiger partial charge on any atom is -0.461 e. The molecule has 0 saturated carbocycles. The highest BCUT2D eigenvalue weighted by molar-refractivity contribution is 6.01. The number of anilines is 1. The maximum absolute atomic E-state index is 16.9. The molecule has 0 spiro atoms. The van der Waals surface area contributed by atoms with E-state index < -0.39 is 29.4 Å². The summed E-state index contributed by atoms with van der Waals surface area (Å²) in [6.45, 7) is 4.42. The number of benzene rings is 2. The first-order chi connectivity index (χ1) is 22.7. The molecular formula is C35H37F3N6O3. The molecule has 2 unspecified atom stereocenters. The van der Waals surface area contributed by atoms with Gasteiger partial charge < -0.3 is 19.7 Å². The van der Waals surface area contributed by atoms with Crippen molar-refractivity contribution in [3.63, 3.8) is 0 Å². The number of nitrogens with one attached hydrogen (secondary N) is 1. The highest BCUT2D eigenvalue weighted by Gasteiger charge is 2.45. The molecule has 1 amide bonds. The second kappa shape index (κ2) is 11.5. The number of pyridine rings is 1. The van der Waals surface area contributed by atoms with Crippen molar-refractivity contribution in [1.82, 2.24) is 25.2 Å². The summed E-state index contributed by atoms with van der Waals surface area (Å²) in [5.74, 6) is -0.861. The number of aryl methyl sites for hydroxylation is 1. The first-order valence-electron chi connectivity index (χ1n) is 16.5. The lowest BCUT2D eigenvalue weighted by Crippen LogP contribution is -2.60. The van der Waals surface area contributed by atoms with E-state index in [1.165, 1.54) is 12.3 Å². The van der Waals surface area contributed by atoms with Crippen molar-refractivity contribution < 1.29 is 27.4 Å². The quantitative estimate of drug-likeness (QED) is 0.285. The standard InChI is InChI=1S/C35H37F3N6O3/c1-34-16-22(36)18-43(19-34)31-25-17-39-29(28(38)30(25)40-32(41-31)47-20-35-11-4-13-44(35)14-5-12-35)24-8-2-7-23-26(37)10-9-21(27(23)24)6-3-15-46-33(45)42-34/h2,7-10,17,22H,3-6,11-16,18-20H2,1H3,(H,42,45). The maximum atomic E-state index is 16.9. The molecule has 1 N–H and O–H groups in total. The molecule has 9 rings (SSSR count). The number of piperidine rings is 1. The van der Waals surface area contributed by atoms with Crippen molar-refractivity contribution in [3.05, 3.63) is 53.7 Å². The molecule has 12 heteroatoms. The zero-order valence-electron chi connectivity index (χ0n) is 26.3. The first kappa shape index (κ1) is 30.2. The molecule has 3 saturated heterocycles. The molecule has 3 fully saturated rings. The number of carbonyl (C=O) groups is 1. The van der Waals surface area contributed by atoms with E-state index in [1.54, 1.807) is 36.1 Å². The fraction of sp³-hybridized carbons (Fsp3) is 0.486. The smallest absolute Gasteiger partial charge is 0.407 e. The first-order valence-corrected chi connectivity index (χ1v) is 16.5. The molecule has 9 nitrogen and oxygen atoms in total. The fourth-order valence-electron chi connectivity index (χ4n) is 8.33. The number of carbonyl (C=O) groups excluding carboxylic acids is 1. The number of ether oxygens (including phenoxy) is 2. The predicted molar refractivity (Wildman–Crippen MR) is 171 cm³/mol. The molecular weight excluding hydrogens is 609 g/mol. The fourth-order valence-corrected chi connectivity index (χ4v) is 8.33. The Labute approximate surface area is 270 Å². The van der Waals surface area contributed by atoms with Gasteiger partial charge in [0.2, 0.25) is 0 Å². The number of rotatable bonds is 3. The minimum absolute atomic E-state index is 0.00528. The summed E-state index contributed by atoms with van der Waals surface area (Å²) in [7, 11) is 0. The lowest BCUT2D eigenvalue weighted by molar-refractivity contribution is 0.107. The van der Waals surface area contributed by atoms with E-state index >= 15 is 13.2 Å². The third kappa shape index (κ3) is 5.30. The normalized spacial score (nSPS) is 24.4. The van der Waals surface area contributed by atoms with Gasteiger partial charge in [-0.15, -0.1) is 0 Å². The van der Waals surface area contributed by atoms with Crippen LogP contribution in [0, 0.1) is 11.6 Å². The van der Waals surface area contributed by atoms with Crippen LogP contribution in [0.2, 0.25) is 0 Å². The van der Waals surface area contributed by atoms with Crippen LogP contribution >= 0.6 is 0 Å². The van der Waals surface area contributed by atoms with Crippen LogP contribution in [0.15, 0.2) is 36.5 Å². The lowest BCUT2D eigenvalue weighted by Gasteiger charge is -2.42. The number of fused-ring (bicyclic) bond motifs is 7. The van der Waals surface area contributed by atoms with Gasteiger partial charge >= 0.3 is 12.1 Å². The highest BCUT2D eigenvalue weighted by Crippen LogP contribution is 2.41. The average molecular weight is 647 g/mol. The van der Waals surface area contributed by atoms with Crippen molar-refractivity contribution in [2.75, 3.05) is 44.3 Å². The Morgan fingerprint density at radius 2 is 1.91 bits per heavy atom. The summed E-state index contributed by atoms with van der Waals surface area (Å²) < 4.78 is 59.3. The van der Waals surface area contributed by atoms with Gasteiger partial charge in [-0.05, 0) is 75.6 Å². The van der Waals surface area contributed by atoms with Crippen molar-refractivity contribution in [2.45, 2.75) is 69.1 Å². The third-order valence-electron chi connectivity index (χ3n) is 10.4. The highest BCUT2D eigenvalue weighted by atomic mass is 19.1. The largest absolute Gasteiger partial charge is 0.461 e. The Morgan fingerprint density at radius 3 is 2.74 bits per heavy atom. The molecule has 0 aliphatic carbocycles. The number of halogens is 3. The number of aromatic nitrogens is 3. The van der Waals surface area contributed by atoms with Crippen molar-refractivity contribution in [1.29, 1.82) is 0 Å².